The quantitative estimate of drug-likeness (QED) is 0.626. The number of nitrogens with one attached hydrogen (secondary N) is 2. The lowest BCUT2D eigenvalue weighted by molar-refractivity contribution is -0.112. The van der Waals surface area contributed by atoms with E-state index >= 15 is 0 Å². The third-order valence-electron chi connectivity index (χ3n) is 3.31. The number of aryl methyl sites for hydroxylation is 1. The normalized spacial score (nSPS) is 10.6. The van der Waals surface area contributed by atoms with Crippen LogP contribution in [0.2, 0.25) is 0 Å². The summed E-state index contributed by atoms with van der Waals surface area (Å²) in [6, 6.07) is 16.6. The zero-order valence-corrected chi connectivity index (χ0v) is 13.7. The number of nitriles is 1. The Balaban J connectivity index is 2.04. The summed E-state index contributed by atoms with van der Waals surface area (Å²) in [4.78, 5) is 12.2. The van der Waals surface area contributed by atoms with E-state index in [2.05, 4.69) is 10.6 Å². The number of para-hydroxylation sites is 1. The third-order valence-corrected chi connectivity index (χ3v) is 3.31. The predicted molar refractivity (Wildman–Crippen MR) is 94.7 cm³/mol. The summed E-state index contributed by atoms with van der Waals surface area (Å²) in [7, 11) is 0. The number of nitrogens with zero attached hydrogens (tertiary/aromatic N) is 1. The zero-order chi connectivity index (χ0) is 17.4. The van der Waals surface area contributed by atoms with Gasteiger partial charge >= 0.3 is 0 Å². The monoisotopic (exact) mass is 321 g/mol. The van der Waals surface area contributed by atoms with Crippen molar-refractivity contribution in [2.75, 3.05) is 17.2 Å². The molecule has 2 N–H and O–H groups in total. The van der Waals surface area contributed by atoms with Gasteiger partial charge in [-0.1, -0.05) is 18.2 Å². The number of benzene rings is 2. The Morgan fingerprint density at radius 2 is 1.92 bits per heavy atom. The Labute approximate surface area is 141 Å². The fourth-order valence-corrected chi connectivity index (χ4v) is 2.02. The number of hydrogen-bond acceptors (Lipinski definition) is 4. The SMILES string of the molecule is CCOc1ccc(N/C=C(/C#N)C(=O)Nc2ccccc2C)cc1. The maximum absolute atomic E-state index is 12.2. The number of rotatable bonds is 6. The highest BCUT2D eigenvalue weighted by atomic mass is 16.5. The fraction of sp³-hybridized carbons (Fsp3) is 0.158. The standard InChI is InChI=1S/C19H19N3O2/c1-3-24-17-10-8-16(9-11-17)21-13-15(12-20)19(23)22-18-7-5-4-6-14(18)2/h4-11,13,21H,3H2,1-2H3,(H,22,23)/b15-13-. The molecular weight excluding hydrogens is 302 g/mol. The maximum Gasteiger partial charge on any atom is 0.267 e. The van der Waals surface area contributed by atoms with E-state index < -0.39 is 5.91 Å². The Morgan fingerprint density at radius 1 is 1.21 bits per heavy atom. The van der Waals surface area contributed by atoms with Gasteiger partial charge in [-0.15, -0.1) is 0 Å². The second-order valence-electron chi connectivity index (χ2n) is 5.04. The van der Waals surface area contributed by atoms with Crippen molar-refractivity contribution in [3.8, 4) is 11.8 Å². The Hall–Kier alpha value is -3.26. The van der Waals surface area contributed by atoms with Crippen molar-refractivity contribution in [1.29, 1.82) is 5.26 Å². The number of ether oxygens (including phenoxy) is 1. The first-order valence-corrected chi connectivity index (χ1v) is 7.60. The molecular formula is C19H19N3O2. The van der Waals surface area contributed by atoms with Crippen LogP contribution in [0.25, 0.3) is 0 Å². The summed E-state index contributed by atoms with van der Waals surface area (Å²) in [5, 5.41) is 14.9. The largest absolute Gasteiger partial charge is 0.494 e. The molecule has 5 heteroatoms. The van der Waals surface area contributed by atoms with Gasteiger partial charge in [0.05, 0.1) is 6.61 Å². The molecule has 0 aliphatic heterocycles. The molecule has 0 spiro atoms. The molecule has 0 heterocycles. The van der Waals surface area contributed by atoms with Crippen molar-refractivity contribution in [2.45, 2.75) is 13.8 Å². The van der Waals surface area contributed by atoms with Crippen LogP contribution >= 0.6 is 0 Å². The van der Waals surface area contributed by atoms with E-state index in [1.807, 2.05) is 62.4 Å². The van der Waals surface area contributed by atoms with E-state index in [1.54, 1.807) is 6.07 Å². The average Bonchev–Trinajstić information content (AvgIpc) is 2.59. The first kappa shape index (κ1) is 17.1. The topological polar surface area (TPSA) is 74.1 Å². The van der Waals surface area contributed by atoms with Crippen molar-refractivity contribution >= 4 is 17.3 Å². The molecule has 0 bridgehead atoms. The third kappa shape index (κ3) is 4.62. The van der Waals surface area contributed by atoms with Crippen molar-refractivity contribution < 1.29 is 9.53 Å². The second-order valence-corrected chi connectivity index (χ2v) is 5.04. The second kappa shape index (κ2) is 8.39. The van der Waals surface area contributed by atoms with E-state index in [0.29, 0.717) is 12.3 Å². The van der Waals surface area contributed by atoms with Crippen LogP contribution in [0.4, 0.5) is 11.4 Å². The lowest BCUT2D eigenvalue weighted by Gasteiger charge is -2.08. The van der Waals surface area contributed by atoms with Crippen molar-refractivity contribution in [3.63, 3.8) is 0 Å². The van der Waals surface area contributed by atoms with Gasteiger partial charge in [0.25, 0.3) is 5.91 Å². The van der Waals surface area contributed by atoms with Gasteiger partial charge in [-0.25, -0.2) is 0 Å². The minimum atomic E-state index is -0.453. The molecule has 2 aromatic rings. The number of amides is 1. The van der Waals surface area contributed by atoms with Gasteiger partial charge in [0.2, 0.25) is 0 Å². The molecule has 0 saturated heterocycles. The number of hydrogen-bond donors (Lipinski definition) is 2. The molecule has 0 aromatic heterocycles. The summed E-state index contributed by atoms with van der Waals surface area (Å²) < 4.78 is 5.36. The van der Waals surface area contributed by atoms with Crippen molar-refractivity contribution in [3.05, 3.63) is 65.9 Å². The molecule has 2 aromatic carbocycles. The van der Waals surface area contributed by atoms with E-state index in [0.717, 1.165) is 17.0 Å². The average molecular weight is 321 g/mol. The van der Waals surface area contributed by atoms with Gasteiger partial charge in [-0.2, -0.15) is 5.26 Å². The highest BCUT2D eigenvalue weighted by molar-refractivity contribution is 6.07. The van der Waals surface area contributed by atoms with E-state index in [-0.39, 0.29) is 5.57 Å². The maximum atomic E-state index is 12.2. The van der Waals surface area contributed by atoms with Crippen LogP contribution in [-0.4, -0.2) is 12.5 Å². The van der Waals surface area contributed by atoms with Gasteiger partial charge < -0.3 is 15.4 Å². The molecule has 0 aliphatic carbocycles. The van der Waals surface area contributed by atoms with Crippen LogP contribution in [0.5, 0.6) is 5.75 Å². The fourth-order valence-electron chi connectivity index (χ4n) is 2.02. The Kier molecular flexibility index (Phi) is 5.98. The van der Waals surface area contributed by atoms with Gasteiger partial charge in [-0.05, 0) is 49.7 Å². The highest BCUT2D eigenvalue weighted by Gasteiger charge is 2.10. The minimum Gasteiger partial charge on any atom is -0.494 e. The lowest BCUT2D eigenvalue weighted by Crippen LogP contribution is -2.15. The number of anilines is 2. The summed E-state index contributed by atoms with van der Waals surface area (Å²) in [5.41, 5.74) is 2.37. The van der Waals surface area contributed by atoms with Crippen LogP contribution in [0.15, 0.2) is 60.3 Å². The van der Waals surface area contributed by atoms with Gasteiger partial charge in [0, 0.05) is 17.6 Å². The minimum absolute atomic E-state index is 0.00728. The summed E-state index contributed by atoms with van der Waals surface area (Å²) >= 11 is 0. The molecule has 0 unspecified atom stereocenters. The van der Waals surface area contributed by atoms with E-state index in [9.17, 15) is 10.1 Å². The van der Waals surface area contributed by atoms with Crippen LogP contribution in [-0.2, 0) is 4.79 Å². The molecule has 0 aliphatic rings. The molecule has 0 fully saturated rings. The van der Waals surface area contributed by atoms with Gasteiger partial charge in [0.15, 0.2) is 0 Å². The summed E-state index contributed by atoms with van der Waals surface area (Å²) in [5.74, 6) is 0.315. The van der Waals surface area contributed by atoms with Crippen molar-refractivity contribution in [1.82, 2.24) is 0 Å². The van der Waals surface area contributed by atoms with E-state index in [4.69, 9.17) is 4.74 Å². The molecule has 5 nitrogen and oxygen atoms in total. The first-order valence-electron chi connectivity index (χ1n) is 7.60. The Morgan fingerprint density at radius 3 is 2.54 bits per heavy atom. The molecule has 0 atom stereocenters. The lowest BCUT2D eigenvalue weighted by atomic mass is 10.2. The van der Waals surface area contributed by atoms with Crippen LogP contribution in [0, 0.1) is 18.3 Å². The molecule has 0 radical (unpaired) electrons. The number of carbonyl (C=O) groups is 1. The summed E-state index contributed by atoms with van der Waals surface area (Å²) in [6.45, 7) is 4.41. The molecule has 24 heavy (non-hydrogen) atoms. The Bertz CT molecular complexity index is 774. The molecule has 2 rings (SSSR count). The molecule has 0 saturated carbocycles. The first-order chi connectivity index (χ1) is 11.6. The van der Waals surface area contributed by atoms with Gasteiger partial charge in [0.1, 0.15) is 17.4 Å². The van der Waals surface area contributed by atoms with Crippen LogP contribution in [0.3, 0.4) is 0 Å². The molecule has 1 amide bonds. The predicted octanol–water partition coefficient (Wildman–Crippen LogP) is 3.85. The zero-order valence-electron chi connectivity index (χ0n) is 13.7. The number of carbonyl (C=O) groups excluding carboxylic acids is 1. The smallest absolute Gasteiger partial charge is 0.267 e. The van der Waals surface area contributed by atoms with Crippen LogP contribution < -0.4 is 15.4 Å². The van der Waals surface area contributed by atoms with Gasteiger partial charge in [-0.3, -0.25) is 4.79 Å². The van der Waals surface area contributed by atoms with Crippen molar-refractivity contribution in [2.24, 2.45) is 0 Å². The van der Waals surface area contributed by atoms with E-state index in [1.165, 1.54) is 6.20 Å². The highest BCUT2D eigenvalue weighted by Crippen LogP contribution is 2.17. The molecule has 122 valence electrons. The summed E-state index contributed by atoms with van der Waals surface area (Å²) in [6.07, 6.45) is 1.39. The van der Waals surface area contributed by atoms with Crippen LogP contribution in [0.1, 0.15) is 12.5 Å².